The van der Waals surface area contributed by atoms with Crippen LogP contribution >= 0.6 is 0 Å². The van der Waals surface area contributed by atoms with Gasteiger partial charge in [-0.25, -0.2) is 4.39 Å². The molecule has 0 spiro atoms. The van der Waals surface area contributed by atoms with E-state index in [1.807, 2.05) is 32.0 Å². The van der Waals surface area contributed by atoms with Crippen LogP contribution in [-0.2, 0) is 22.6 Å². The Hall–Kier alpha value is -2.40. The van der Waals surface area contributed by atoms with Crippen LogP contribution < -0.4 is 4.74 Å². The van der Waals surface area contributed by atoms with Crippen molar-refractivity contribution in [3.63, 3.8) is 0 Å². The number of esters is 1. The summed E-state index contributed by atoms with van der Waals surface area (Å²) in [4.78, 5) is 14.5. The molecule has 0 bridgehead atoms. The van der Waals surface area contributed by atoms with Gasteiger partial charge in [-0.1, -0.05) is 25.1 Å². The third kappa shape index (κ3) is 5.01. The zero-order chi connectivity index (χ0) is 21.8. The maximum Gasteiger partial charge on any atom is 0.307 e. The molecule has 4 nitrogen and oxygen atoms in total. The third-order valence-electron chi connectivity index (χ3n) is 5.94. The van der Waals surface area contributed by atoms with E-state index >= 15 is 0 Å². The van der Waals surface area contributed by atoms with E-state index in [9.17, 15) is 9.18 Å². The number of nitrogens with zero attached hydrogens (tertiary/aromatic N) is 1. The molecule has 0 saturated carbocycles. The molecule has 0 radical (unpaired) electrons. The monoisotopic (exact) mass is 413 g/mol. The Kier molecular flexibility index (Phi) is 7.14. The van der Waals surface area contributed by atoms with E-state index in [4.69, 9.17) is 9.47 Å². The van der Waals surface area contributed by atoms with E-state index in [0.717, 1.165) is 35.3 Å². The lowest BCUT2D eigenvalue weighted by atomic mass is 9.78. The maximum absolute atomic E-state index is 14.0. The van der Waals surface area contributed by atoms with Gasteiger partial charge in [-0.2, -0.15) is 0 Å². The molecule has 1 aliphatic rings. The highest BCUT2D eigenvalue weighted by Gasteiger charge is 2.33. The Morgan fingerprint density at radius 2 is 1.97 bits per heavy atom. The zero-order valence-corrected chi connectivity index (χ0v) is 18.6. The predicted octanol–water partition coefficient (Wildman–Crippen LogP) is 5.14. The Morgan fingerprint density at radius 3 is 2.67 bits per heavy atom. The van der Waals surface area contributed by atoms with Gasteiger partial charge in [0.15, 0.2) is 0 Å². The third-order valence-corrected chi connectivity index (χ3v) is 5.94. The minimum absolute atomic E-state index is 0.161. The van der Waals surface area contributed by atoms with Gasteiger partial charge in [0.2, 0.25) is 0 Å². The molecule has 0 saturated heterocycles. The molecular formula is C25H32FNO3. The number of ether oxygens (including phenoxy) is 2. The van der Waals surface area contributed by atoms with Crippen molar-refractivity contribution in [3.05, 3.63) is 64.0 Å². The van der Waals surface area contributed by atoms with Gasteiger partial charge < -0.3 is 14.4 Å². The van der Waals surface area contributed by atoms with Crippen molar-refractivity contribution in [3.8, 4) is 5.75 Å². The van der Waals surface area contributed by atoms with Crippen molar-refractivity contribution in [1.82, 2.24) is 4.90 Å². The second-order valence-electron chi connectivity index (χ2n) is 8.57. The summed E-state index contributed by atoms with van der Waals surface area (Å²) in [6, 6.07) is 8.67. The molecule has 162 valence electrons. The van der Waals surface area contributed by atoms with Crippen LogP contribution in [-0.4, -0.2) is 31.5 Å². The molecule has 0 N–H and O–H groups in total. The number of rotatable bonds is 7. The van der Waals surface area contributed by atoms with Crippen LogP contribution in [0.1, 0.15) is 53.7 Å². The first kappa shape index (κ1) is 22.3. The SMILES string of the molecule is Cc1cc(OCc2ccccc2F)c(C)c2c1CCC(C)C2OC(=O)CCN(C)C. The fourth-order valence-electron chi connectivity index (χ4n) is 4.10. The zero-order valence-electron chi connectivity index (χ0n) is 18.6. The highest BCUT2D eigenvalue weighted by Crippen LogP contribution is 2.43. The lowest BCUT2D eigenvalue weighted by molar-refractivity contribution is -0.153. The summed E-state index contributed by atoms with van der Waals surface area (Å²) in [5.74, 6) is 0.507. The summed E-state index contributed by atoms with van der Waals surface area (Å²) in [7, 11) is 3.89. The Morgan fingerprint density at radius 1 is 1.23 bits per heavy atom. The number of carbonyl (C=O) groups is 1. The molecule has 2 aromatic rings. The van der Waals surface area contributed by atoms with Gasteiger partial charge in [-0.05, 0) is 75.5 Å². The largest absolute Gasteiger partial charge is 0.489 e. The second-order valence-corrected chi connectivity index (χ2v) is 8.57. The fraction of sp³-hybridized carbons (Fsp3) is 0.480. The summed E-state index contributed by atoms with van der Waals surface area (Å²) in [6.45, 7) is 7.03. The van der Waals surface area contributed by atoms with Crippen molar-refractivity contribution >= 4 is 5.97 Å². The standard InChI is InChI=1S/C25H32FNO3/c1-16-10-11-20-17(2)14-22(29-15-19-8-6-7-9-21(19)26)18(3)24(20)25(16)30-23(28)12-13-27(4)5/h6-9,14,16,25H,10-13,15H2,1-5H3. The van der Waals surface area contributed by atoms with Crippen molar-refractivity contribution in [1.29, 1.82) is 0 Å². The van der Waals surface area contributed by atoms with Gasteiger partial charge in [-0.3, -0.25) is 4.79 Å². The first-order chi connectivity index (χ1) is 14.3. The molecular weight excluding hydrogens is 381 g/mol. The van der Waals surface area contributed by atoms with Crippen LogP contribution in [0.15, 0.2) is 30.3 Å². The topological polar surface area (TPSA) is 38.8 Å². The number of benzene rings is 2. The molecule has 1 aliphatic carbocycles. The first-order valence-corrected chi connectivity index (χ1v) is 10.6. The Balaban J connectivity index is 1.87. The molecule has 0 heterocycles. The van der Waals surface area contributed by atoms with E-state index < -0.39 is 0 Å². The molecule has 2 unspecified atom stereocenters. The summed E-state index contributed by atoms with van der Waals surface area (Å²) in [5.41, 5.74) is 4.93. The van der Waals surface area contributed by atoms with E-state index in [1.165, 1.54) is 11.6 Å². The van der Waals surface area contributed by atoms with E-state index in [-0.39, 0.29) is 30.4 Å². The molecule has 0 fully saturated rings. The quantitative estimate of drug-likeness (QED) is 0.589. The van der Waals surface area contributed by atoms with Crippen LogP contribution in [0.3, 0.4) is 0 Å². The van der Waals surface area contributed by atoms with Crippen molar-refractivity contribution in [2.75, 3.05) is 20.6 Å². The van der Waals surface area contributed by atoms with Gasteiger partial charge in [0, 0.05) is 17.7 Å². The molecule has 2 atom stereocenters. The number of fused-ring (bicyclic) bond motifs is 1. The fourth-order valence-corrected chi connectivity index (χ4v) is 4.10. The summed E-state index contributed by atoms with van der Waals surface area (Å²) >= 11 is 0. The van der Waals surface area contributed by atoms with Crippen molar-refractivity contribution < 1.29 is 18.7 Å². The minimum atomic E-state index is -0.279. The number of hydrogen-bond donors (Lipinski definition) is 0. The maximum atomic E-state index is 14.0. The van der Waals surface area contributed by atoms with Gasteiger partial charge in [0.25, 0.3) is 0 Å². The summed E-state index contributed by atoms with van der Waals surface area (Å²) in [5, 5.41) is 0. The molecule has 0 aromatic heterocycles. The van der Waals surface area contributed by atoms with Gasteiger partial charge in [0.1, 0.15) is 24.3 Å². The molecule has 2 aromatic carbocycles. The van der Waals surface area contributed by atoms with Gasteiger partial charge in [-0.15, -0.1) is 0 Å². The van der Waals surface area contributed by atoms with E-state index in [2.05, 4.69) is 13.8 Å². The lowest BCUT2D eigenvalue weighted by Crippen LogP contribution is -2.27. The average molecular weight is 414 g/mol. The highest BCUT2D eigenvalue weighted by atomic mass is 19.1. The van der Waals surface area contributed by atoms with Crippen LogP contribution in [0, 0.1) is 25.6 Å². The van der Waals surface area contributed by atoms with Crippen molar-refractivity contribution in [2.45, 2.75) is 52.7 Å². The molecule has 3 rings (SSSR count). The summed E-state index contributed by atoms with van der Waals surface area (Å²) in [6.07, 6.45) is 2.03. The van der Waals surface area contributed by atoms with Crippen LogP contribution in [0.5, 0.6) is 5.75 Å². The smallest absolute Gasteiger partial charge is 0.307 e. The molecule has 0 amide bonds. The van der Waals surface area contributed by atoms with E-state index in [1.54, 1.807) is 18.2 Å². The minimum Gasteiger partial charge on any atom is -0.489 e. The average Bonchev–Trinajstić information content (AvgIpc) is 2.70. The number of halogens is 1. The molecule has 0 aliphatic heterocycles. The number of aryl methyl sites for hydroxylation is 1. The Bertz CT molecular complexity index is 910. The highest BCUT2D eigenvalue weighted by molar-refractivity contribution is 5.70. The second kappa shape index (κ2) is 9.61. The lowest BCUT2D eigenvalue weighted by Gasteiger charge is -2.34. The predicted molar refractivity (Wildman–Crippen MR) is 116 cm³/mol. The number of carbonyl (C=O) groups excluding carboxylic acids is 1. The molecule has 5 heteroatoms. The molecule has 30 heavy (non-hydrogen) atoms. The van der Waals surface area contributed by atoms with Crippen LogP contribution in [0.2, 0.25) is 0 Å². The van der Waals surface area contributed by atoms with Crippen molar-refractivity contribution in [2.24, 2.45) is 5.92 Å². The Labute approximate surface area is 179 Å². The van der Waals surface area contributed by atoms with Gasteiger partial charge >= 0.3 is 5.97 Å². The number of hydrogen-bond acceptors (Lipinski definition) is 4. The first-order valence-electron chi connectivity index (χ1n) is 10.6. The normalized spacial score (nSPS) is 18.2. The van der Waals surface area contributed by atoms with E-state index in [0.29, 0.717) is 18.5 Å². The van der Waals surface area contributed by atoms with Crippen LogP contribution in [0.4, 0.5) is 4.39 Å². The van der Waals surface area contributed by atoms with Gasteiger partial charge in [0.05, 0.1) is 6.42 Å². The summed E-state index contributed by atoms with van der Waals surface area (Å²) < 4.78 is 26.0. The van der Waals surface area contributed by atoms with Crippen LogP contribution in [0.25, 0.3) is 0 Å².